The number of hydrogen-bond acceptors (Lipinski definition) is 3. The summed E-state index contributed by atoms with van der Waals surface area (Å²) in [6.45, 7) is 0. The van der Waals surface area contributed by atoms with Crippen molar-refractivity contribution in [2.75, 3.05) is 0 Å². The molecule has 1 N–H and O–H groups in total. The molecule has 0 aliphatic heterocycles. The summed E-state index contributed by atoms with van der Waals surface area (Å²) in [6.07, 6.45) is -2.99. The summed E-state index contributed by atoms with van der Waals surface area (Å²) in [5.74, 6) is -0.980. The van der Waals surface area contributed by atoms with Crippen LogP contribution < -0.4 is 5.56 Å². The minimum atomic E-state index is -2.99. The number of pyridine rings is 1. The second-order valence-electron chi connectivity index (χ2n) is 2.62. The van der Waals surface area contributed by atoms with Gasteiger partial charge in [0.25, 0.3) is 6.43 Å². The Balaban J connectivity index is 3.42. The van der Waals surface area contributed by atoms with Crippen molar-refractivity contribution in [2.45, 2.75) is 12.3 Å². The third-order valence-corrected chi connectivity index (χ3v) is 1.98. The molecule has 0 aliphatic carbocycles. The van der Waals surface area contributed by atoms with Crippen LogP contribution in [0.3, 0.4) is 0 Å². The topological polar surface area (TPSA) is 76.0 Å². The number of halogens is 3. The Hall–Kier alpha value is -1.50. The Morgan fingerprint density at radius 3 is 2.60 bits per heavy atom. The van der Waals surface area contributed by atoms with Gasteiger partial charge in [-0.15, -0.1) is 11.6 Å². The lowest BCUT2D eigenvalue weighted by Crippen LogP contribution is -2.16. The first-order valence-electron chi connectivity index (χ1n) is 3.72. The molecule has 0 radical (unpaired) electrons. The molecular weight excluding hydrogens is 234 g/mol. The van der Waals surface area contributed by atoms with Crippen LogP contribution in [0.25, 0.3) is 0 Å². The predicted molar refractivity (Wildman–Crippen MR) is 48.2 cm³/mol. The van der Waals surface area contributed by atoms with Gasteiger partial charge in [-0.1, -0.05) is 0 Å². The van der Waals surface area contributed by atoms with Gasteiger partial charge in [0.2, 0.25) is 0 Å². The van der Waals surface area contributed by atoms with E-state index in [1.165, 1.54) is 0 Å². The van der Waals surface area contributed by atoms with Gasteiger partial charge < -0.3 is 10.1 Å². The lowest BCUT2D eigenvalue weighted by Gasteiger charge is -2.02. The normalized spacial score (nSPS) is 10.7. The second-order valence-corrected chi connectivity index (χ2v) is 2.89. The number of H-pyrrole nitrogens is 1. The standard InChI is InChI=1S/C7H5ClF2N2O3/c8-2-3-1-4(5(9)10)7(13)11-6(3)12(14)15/h1,5H,2H2,(H,11,13). The van der Waals surface area contributed by atoms with Crippen LogP contribution in [0.2, 0.25) is 0 Å². The van der Waals surface area contributed by atoms with Crippen LogP contribution in [0.5, 0.6) is 0 Å². The van der Waals surface area contributed by atoms with Crippen molar-refractivity contribution in [1.29, 1.82) is 0 Å². The number of nitrogens with one attached hydrogen (secondary N) is 1. The molecule has 82 valence electrons. The molecule has 0 saturated heterocycles. The Morgan fingerprint density at radius 1 is 1.60 bits per heavy atom. The smallest absolute Gasteiger partial charge is 0.340 e. The summed E-state index contributed by atoms with van der Waals surface area (Å²) in [5.41, 5.74) is -2.14. The lowest BCUT2D eigenvalue weighted by atomic mass is 10.2. The highest BCUT2D eigenvalue weighted by Crippen LogP contribution is 2.21. The van der Waals surface area contributed by atoms with Gasteiger partial charge in [-0.2, -0.15) is 0 Å². The molecule has 0 atom stereocenters. The zero-order valence-electron chi connectivity index (χ0n) is 7.17. The van der Waals surface area contributed by atoms with Crippen molar-refractivity contribution in [3.05, 3.63) is 37.7 Å². The van der Waals surface area contributed by atoms with Crippen LogP contribution in [0.4, 0.5) is 14.6 Å². The number of nitrogens with zero attached hydrogens (tertiary/aromatic N) is 1. The molecule has 0 aromatic carbocycles. The van der Waals surface area contributed by atoms with E-state index in [4.69, 9.17) is 11.6 Å². The van der Waals surface area contributed by atoms with Crippen molar-refractivity contribution in [3.8, 4) is 0 Å². The van der Waals surface area contributed by atoms with Gasteiger partial charge in [0.1, 0.15) is 5.56 Å². The molecule has 1 aromatic rings. The van der Waals surface area contributed by atoms with Crippen LogP contribution >= 0.6 is 11.6 Å². The highest BCUT2D eigenvalue weighted by molar-refractivity contribution is 6.17. The zero-order chi connectivity index (χ0) is 11.6. The third kappa shape index (κ3) is 2.30. The van der Waals surface area contributed by atoms with Gasteiger partial charge in [0.15, 0.2) is 0 Å². The van der Waals surface area contributed by atoms with E-state index in [0.29, 0.717) is 0 Å². The van der Waals surface area contributed by atoms with E-state index < -0.39 is 28.3 Å². The molecule has 0 unspecified atom stereocenters. The first-order chi connectivity index (χ1) is 6.97. The van der Waals surface area contributed by atoms with Gasteiger partial charge in [-0.05, 0) is 11.0 Å². The maximum atomic E-state index is 12.2. The second kappa shape index (κ2) is 4.35. The molecule has 15 heavy (non-hydrogen) atoms. The van der Waals surface area contributed by atoms with Crippen molar-refractivity contribution in [3.63, 3.8) is 0 Å². The highest BCUT2D eigenvalue weighted by atomic mass is 35.5. The van der Waals surface area contributed by atoms with Crippen LogP contribution in [0, 0.1) is 10.1 Å². The maximum absolute atomic E-state index is 12.2. The summed E-state index contributed by atoms with van der Waals surface area (Å²) in [5, 5.41) is 10.4. The minimum absolute atomic E-state index is 0.142. The van der Waals surface area contributed by atoms with Crippen molar-refractivity contribution in [1.82, 2.24) is 4.98 Å². The van der Waals surface area contributed by atoms with E-state index in [0.717, 1.165) is 6.07 Å². The molecule has 0 aliphatic rings. The predicted octanol–water partition coefficient (Wildman–Crippen LogP) is 1.96. The molecule has 1 heterocycles. The molecular formula is C7H5ClF2N2O3. The average Bonchev–Trinajstić information content (AvgIpc) is 2.16. The summed E-state index contributed by atoms with van der Waals surface area (Å²) < 4.78 is 24.5. The van der Waals surface area contributed by atoms with E-state index in [9.17, 15) is 23.7 Å². The van der Waals surface area contributed by atoms with E-state index in [1.54, 1.807) is 4.98 Å². The number of rotatable bonds is 3. The molecule has 0 bridgehead atoms. The molecule has 1 aromatic heterocycles. The number of alkyl halides is 3. The molecule has 1 rings (SSSR count). The highest BCUT2D eigenvalue weighted by Gasteiger charge is 2.21. The van der Waals surface area contributed by atoms with E-state index in [1.807, 2.05) is 0 Å². The first kappa shape index (κ1) is 11.6. The van der Waals surface area contributed by atoms with Gasteiger partial charge in [-0.3, -0.25) is 0 Å². The quantitative estimate of drug-likeness (QED) is 0.497. The molecule has 0 fully saturated rings. The van der Waals surface area contributed by atoms with Gasteiger partial charge in [-0.25, -0.2) is 18.6 Å². The van der Waals surface area contributed by atoms with Crippen LogP contribution in [0.1, 0.15) is 17.6 Å². The Kier molecular flexibility index (Phi) is 3.35. The summed E-state index contributed by atoms with van der Waals surface area (Å²) in [6, 6.07) is 0.745. The van der Waals surface area contributed by atoms with Crippen LogP contribution in [-0.2, 0) is 5.88 Å². The fraction of sp³-hybridized carbons (Fsp3) is 0.286. The number of hydrogen-bond donors (Lipinski definition) is 1. The average molecular weight is 239 g/mol. The fourth-order valence-electron chi connectivity index (χ4n) is 1.01. The summed E-state index contributed by atoms with van der Waals surface area (Å²) >= 11 is 5.33. The zero-order valence-corrected chi connectivity index (χ0v) is 7.92. The Labute approximate surface area is 86.8 Å². The molecule has 5 nitrogen and oxygen atoms in total. The monoisotopic (exact) mass is 238 g/mol. The van der Waals surface area contributed by atoms with Gasteiger partial charge in [0.05, 0.1) is 11.4 Å². The van der Waals surface area contributed by atoms with E-state index in [2.05, 4.69) is 0 Å². The first-order valence-corrected chi connectivity index (χ1v) is 4.25. The number of nitro groups is 1. The molecule has 0 saturated carbocycles. The summed E-state index contributed by atoms with van der Waals surface area (Å²) in [7, 11) is 0. The minimum Gasteiger partial charge on any atom is -0.358 e. The molecule has 0 amide bonds. The number of aromatic nitrogens is 1. The Bertz CT molecular complexity index is 446. The van der Waals surface area contributed by atoms with E-state index in [-0.39, 0.29) is 11.4 Å². The van der Waals surface area contributed by atoms with E-state index >= 15 is 0 Å². The van der Waals surface area contributed by atoms with Crippen molar-refractivity contribution in [2.24, 2.45) is 0 Å². The third-order valence-electron chi connectivity index (χ3n) is 1.69. The Morgan fingerprint density at radius 2 is 2.20 bits per heavy atom. The van der Waals surface area contributed by atoms with Crippen molar-refractivity contribution >= 4 is 17.4 Å². The summed E-state index contributed by atoms with van der Waals surface area (Å²) in [4.78, 5) is 22.3. The maximum Gasteiger partial charge on any atom is 0.340 e. The fourth-order valence-corrected chi connectivity index (χ4v) is 1.21. The molecule has 8 heteroatoms. The van der Waals surface area contributed by atoms with Crippen LogP contribution in [-0.4, -0.2) is 9.91 Å². The van der Waals surface area contributed by atoms with Gasteiger partial charge in [0, 0.05) is 0 Å². The molecule has 0 spiro atoms. The van der Waals surface area contributed by atoms with Crippen molar-refractivity contribution < 1.29 is 13.7 Å². The van der Waals surface area contributed by atoms with Gasteiger partial charge >= 0.3 is 11.4 Å². The number of aromatic amines is 1. The van der Waals surface area contributed by atoms with Crippen LogP contribution in [0.15, 0.2) is 10.9 Å². The lowest BCUT2D eigenvalue weighted by molar-refractivity contribution is -0.390. The SMILES string of the molecule is O=c1[nH]c([N+](=O)[O-])c(CCl)cc1C(F)F. The largest absolute Gasteiger partial charge is 0.358 e.